The number of para-hydroxylation sites is 1. The van der Waals surface area contributed by atoms with E-state index in [-0.39, 0.29) is 34.5 Å². The number of phenols is 1. The zero-order valence-electron chi connectivity index (χ0n) is 42.6. The van der Waals surface area contributed by atoms with Gasteiger partial charge in [-0.05, 0) is 151 Å². The van der Waals surface area contributed by atoms with Crippen LogP contribution >= 0.6 is 0 Å². The molecule has 0 fully saturated rings. The third-order valence-electron chi connectivity index (χ3n) is 12.9. The molecule has 0 aliphatic carbocycles. The maximum atomic E-state index is 12.4. The highest BCUT2D eigenvalue weighted by Crippen LogP contribution is 2.45. The van der Waals surface area contributed by atoms with Crippen molar-refractivity contribution >= 4 is 11.0 Å². The van der Waals surface area contributed by atoms with Crippen LogP contribution in [-0.2, 0) is 5.41 Å². The zero-order valence-corrected chi connectivity index (χ0v) is 39.6. The molecule has 9 rings (SSSR count). The maximum Gasteiger partial charge on any atom is 0.149 e. The highest BCUT2D eigenvalue weighted by Gasteiger charge is 2.26. The molecule has 330 valence electrons. The molecule has 2 aromatic heterocycles. The minimum absolute atomic E-state index is 0.0132. The summed E-state index contributed by atoms with van der Waals surface area (Å²) >= 11 is 0. The van der Waals surface area contributed by atoms with Gasteiger partial charge in [0.15, 0.2) is 0 Å². The lowest BCUT2D eigenvalue weighted by atomic mass is 9.78. The van der Waals surface area contributed by atoms with E-state index in [1.165, 1.54) is 5.56 Å². The number of aromatic hydroxyl groups is 1. The summed E-state index contributed by atoms with van der Waals surface area (Å²) in [6.07, 6.45) is 1.86. The van der Waals surface area contributed by atoms with Gasteiger partial charge in [-0.25, -0.2) is 4.98 Å². The van der Waals surface area contributed by atoms with Crippen molar-refractivity contribution in [2.45, 2.75) is 92.3 Å². The van der Waals surface area contributed by atoms with Gasteiger partial charge in [0, 0.05) is 21.4 Å². The Hall–Kier alpha value is -7.04. The fourth-order valence-electron chi connectivity index (χ4n) is 9.39. The molecule has 0 saturated carbocycles. The Morgan fingerprint density at radius 3 is 1.88 bits per heavy atom. The lowest BCUT2D eigenvalue weighted by Crippen LogP contribution is -2.14. The lowest BCUT2D eigenvalue weighted by Gasteiger charge is -2.27. The molecule has 0 saturated heterocycles. The van der Waals surface area contributed by atoms with Crippen LogP contribution in [0.5, 0.6) is 5.75 Å². The van der Waals surface area contributed by atoms with E-state index >= 15 is 0 Å². The molecule has 1 N–H and O–H groups in total. The minimum atomic E-state index is -2.52. The van der Waals surface area contributed by atoms with E-state index < -0.39 is 6.85 Å². The van der Waals surface area contributed by atoms with Crippen LogP contribution in [0.15, 0.2) is 164 Å². The standard InChI is InChI=1S/C62H61N3O/c1-38(2)46-35-52(40(5)6)60(66)53(36-46)61-64-59-51(48-32-47(43-21-15-12-16-22-43)33-49(34-48)55-37-44(29-30-63-55)42-19-13-11-14-20-42)24-18-26-57(59)65(61)56-28-27-45(31-41(56)7)58-50(39(3)4)23-17-25-54(58)62(8,9)10/h11-40,66H,1-10H3/i7D3. The smallest absolute Gasteiger partial charge is 0.149 e. The zero-order chi connectivity index (χ0) is 48.9. The van der Waals surface area contributed by atoms with Crippen molar-refractivity contribution in [3.8, 4) is 78.6 Å². The SMILES string of the molecule is [2H]C([2H])([2H])c1cc(-c2c(C(C)C)cccc2C(C)(C)C)ccc1-n1c(-c2cc(C(C)C)cc(C(C)C)c2O)nc2c(-c3cc(-c4ccccc4)cc(-c4cc(-c5ccccc5)ccn4)c3)cccc21. The van der Waals surface area contributed by atoms with Crippen LogP contribution in [-0.4, -0.2) is 19.6 Å². The monoisotopic (exact) mass is 867 g/mol. The van der Waals surface area contributed by atoms with Crippen LogP contribution in [0.3, 0.4) is 0 Å². The van der Waals surface area contributed by atoms with Gasteiger partial charge in [0.1, 0.15) is 11.6 Å². The van der Waals surface area contributed by atoms with E-state index in [0.717, 1.165) is 78.0 Å². The minimum Gasteiger partial charge on any atom is -0.507 e. The van der Waals surface area contributed by atoms with E-state index in [9.17, 15) is 9.22 Å². The Labute approximate surface area is 395 Å². The molecule has 0 bridgehead atoms. The third kappa shape index (κ3) is 8.37. The van der Waals surface area contributed by atoms with Crippen LogP contribution in [0.4, 0.5) is 0 Å². The molecule has 0 amide bonds. The van der Waals surface area contributed by atoms with Crippen LogP contribution < -0.4 is 0 Å². The number of aryl methyl sites for hydroxylation is 1. The number of aromatic nitrogens is 3. The predicted octanol–water partition coefficient (Wildman–Crippen LogP) is 17.1. The number of fused-ring (bicyclic) bond motifs is 1. The Morgan fingerprint density at radius 2 is 1.21 bits per heavy atom. The van der Waals surface area contributed by atoms with Crippen molar-refractivity contribution in [3.05, 3.63) is 192 Å². The summed E-state index contributed by atoms with van der Waals surface area (Å²) in [4.78, 5) is 10.5. The van der Waals surface area contributed by atoms with Gasteiger partial charge in [-0.2, -0.15) is 0 Å². The van der Waals surface area contributed by atoms with Gasteiger partial charge < -0.3 is 5.11 Å². The number of nitrogens with zero attached hydrogens (tertiary/aromatic N) is 3. The lowest BCUT2D eigenvalue weighted by molar-refractivity contribution is 0.466. The Morgan fingerprint density at radius 1 is 0.545 bits per heavy atom. The molecular weight excluding hydrogens is 803 g/mol. The molecule has 0 spiro atoms. The quantitative estimate of drug-likeness (QED) is 0.149. The van der Waals surface area contributed by atoms with Gasteiger partial charge in [-0.1, -0.05) is 165 Å². The highest BCUT2D eigenvalue weighted by atomic mass is 16.3. The fourth-order valence-corrected chi connectivity index (χ4v) is 9.39. The molecule has 0 aliphatic heterocycles. The summed E-state index contributed by atoms with van der Waals surface area (Å²) in [5.74, 6) is 0.972. The summed E-state index contributed by atoms with van der Waals surface area (Å²) in [7, 11) is 0. The Kier molecular flexibility index (Phi) is 10.9. The first-order valence-electron chi connectivity index (χ1n) is 24.8. The molecule has 7 aromatic carbocycles. The summed E-state index contributed by atoms with van der Waals surface area (Å²) < 4.78 is 29.6. The van der Waals surface area contributed by atoms with Crippen molar-refractivity contribution in [2.75, 3.05) is 0 Å². The molecule has 9 aromatic rings. The van der Waals surface area contributed by atoms with Crippen molar-refractivity contribution in [3.63, 3.8) is 0 Å². The normalized spacial score (nSPS) is 12.8. The fraction of sp³-hybridized carbons (Fsp3) is 0.226. The summed E-state index contributed by atoms with van der Waals surface area (Å²) in [6.45, 7) is 16.9. The molecule has 0 unspecified atom stereocenters. The summed E-state index contributed by atoms with van der Waals surface area (Å²) in [5, 5.41) is 12.4. The van der Waals surface area contributed by atoms with Gasteiger partial charge in [0.25, 0.3) is 0 Å². The Balaban J connectivity index is 1.36. The second kappa shape index (κ2) is 17.7. The first kappa shape index (κ1) is 40.5. The van der Waals surface area contributed by atoms with Crippen LogP contribution in [0.25, 0.3) is 83.9 Å². The van der Waals surface area contributed by atoms with Crippen LogP contribution in [0, 0.1) is 6.85 Å². The van der Waals surface area contributed by atoms with Crippen molar-refractivity contribution < 1.29 is 9.22 Å². The predicted molar refractivity (Wildman–Crippen MR) is 279 cm³/mol. The van der Waals surface area contributed by atoms with Gasteiger partial charge in [-0.15, -0.1) is 0 Å². The largest absolute Gasteiger partial charge is 0.507 e. The molecule has 0 radical (unpaired) electrons. The van der Waals surface area contributed by atoms with Crippen LogP contribution in [0.1, 0.15) is 112 Å². The number of hydrogen-bond acceptors (Lipinski definition) is 3. The van der Waals surface area contributed by atoms with E-state index in [1.54, 1.807) is 0 Å². The van der Waals surface area contributed by atoms with E-state index in [2.05, 4.69) is 147 Å². The van der Waals surface area contributed by atoms with Gasteiger partial charge in [0.2, 0.25) is 0 Å². The molecule has 2 heterocycles. The first-order chi connectivity index (χ1) is 32.9. The van der Waals surface area contributed by atoms with Crippen molar-refractivity contribution in [2.24, 2.45) is 0 Å². The molecule has 0 aliphatic rings. The highest BCUT2D eigenvalue weighted by molar-refractivity contribution is 5.98. The molecule has 4 nitrogen and oxygen atoms in total. The van der Waals surface area contributed by atoms with Crippen molar-refractivity contribution in [1.82, 2.24) is 14.5 Å². The summed E-state index contributed by atoms with van der Waals surface area (Å²) in [6, 6.07) is 54.0. The molecular formula is C62H61N3O. The van der Waals surface area contributed by atoms with Crippen LogP contribution in [0.2, 0.25) is 0 Å². The van der Waals surface area contributed by atoms with Gasteiger partial charge in [-0.3, -0.25) is 9.55 Å². The second-order valence-corrected chi connectivity index (χ2v) is 19.6. The number of rotatable bonds is 10. The molecule has 4 heteroatoms. The van der Waals surface area contributed by atoms with Gasteiger partial charge >= 0.3 is 0 Å². The number of benzene rings is 7. The van der Waals surface area contributed by atoms with Crippen molar-refractivity contribution in [1.29, 1.82) is 0 Å². The second-order valence-electron chi connectivity index (χ2n) is 19.6. The number of imidazole rings is 1. The first-order valence-corrected chi connectivity index (χ1v) is 23.3. The summed E-state index contributed by atoms with van der Waals surface area (Å²) in [5.41, 5.74) is 16.4. The van der Waals surface area contributed by atoms with E-state index in [1.807, 2.05) is 83.6 Å². The number of pyridine rings is 1. The maximum absolute atomic E-state index is 12.4. The third-order valence-corrected chi connectivity index (χ3v) is 12.9. The molecule has 0 atom stereocenters. The average Bonchev–Trinajstić information content (AvgIpc) is 3.73. The van der Waals surface area contributed by atoms with Gasteiger partial charge in [0.05, 0.1) is 28.0 Å². The topological polar surface area (TPSA) is 50.9 Å². The number of hydrogen-bond donors (Lipinski definition) is 1. The average molecular weight is 867 g/mol. The Bertz CT molecular complexity index is 3340. The van der Waals surface area contributed by atoms with E-state index in [0.29, 0.717) is 22.6 Å². The molecule has 66 heavy (non-hydrogen) atoms. The number of phenolic OH excluding ortho intramolecular Hbond substituents is 1. The van der Waals surface area contributed by atoms with E-state index in [4.69, 9.17) is 9.97 Å².